The van der Waals surface area contributed by atoms with Gasteiger partial charge in [0.05, 0.1) is 0 Å². The molecule has 0 spiro atoms. The van der Waals surface area contributed by atoms with Gasteiger partial charge in [0.15, 0.2) is 6.61 Å². The van der Waals surface area contributed by atoms with E-state index in [9.17, 15) is 9.59 Å². The van der Waals surface area contributed by atoms with E-state index in [1.807, 2.05) is 68.4 Å². The van der Waals surface area contributed by atoms with E-state index >= 15 is 0 Å². The Kier molecular flexibility index (Phi) is 10.4. The first-order valence-corrected chi connectivity index (χ1v) is 12.8. The number of unbranched alkanes of at least 4 members (excludes halogenated alkanes) is 1. The Bertz CT molecular complexity index is 1150. The van der Waals surface area contributed by atoms with Crippen molar-refractivity contribution in [1.82, 2.24) is 10.2 Å². The third-order valence-electron chi connectivity index (χ3n) is 6.19. The number of amides is 2. The first-order chi connectivity index (χ1) is 17.4. The van der Waals surface area contributed by atoms with Crippen molar-refractivity contribution in [3.05, 3.63) is 100 Å². The smallest absolute Gasteiger partial charge is 0.261 e. The van der Waals surface area contributed by atoms with E-state index in [0.717, 1.165) is 35.1 Å². The van der Waals surface area contributed by atoms with Gasteiger partial charge in [-0.15, -0.1) is 0 Å². The lowest BCUT2D eigenvalue weighted by atomic mass is 10.0. The SMILES string of the molecule is CCCCNC(=O)[C@@H](Cc1ccccc1)N(Cc1ccccc1C)C(=O)COc1ccc(Cl)c(C)c1. The highest BCUT2D eigenvalue weighted by molar-refractivity contribution is 6.31. The molecule has 6 heteroatoms. The summed E-state index contributed by atoms with van der Waals surface area (Å²) in [6, 6.07) is 22.3. The fourth-order valence-corrected chi connectivity index (χ4v) is 4.08. The minimum Gasteiger partial charge on any atom is -0.484 e. The van der Waals surface area contributed by atoms with Crippen molar-refractivity contribution in [3.8, 4) is 5.75 Å². The lowest BCUT2D eigenvalue weighted by molar-refractivity contribution is -0.142. The predicted octanol–water partition coefficient (Wildman–Crippen LogP) is 5.89. The zero-order valence-electron chi connectivity index (χ0n) is 21.3. The predicted molar refractivity (Wildman–Crippen MR) is 145 cm³/mol. The first kappa shape index (κ1) is 27.3. The molecule has 0 fully saturated rings. The van der Waals surface area contributed by atoms with Gasteiger partial charge < -0.3 is 15.0 Å². The van der Waals surface area contributed by atoms with Crippen molar-refractivity contribution in [2.45, 2.75) is 52.6 Å². The second-order valence-corrected chi connectivity index (χ2v) is 9.41. The summed E-state index contributed by atoms with van der Waals surface area (Å²) in [6.45, 7) is 6.69. The van der Waals surface area contributed by atoms with Crippen LogP contribution < -0.4 is 10.1 Å². The molecule has 36 heavy (non-hydrogen) atoms. The second kappa shape index (κ2) is 13.7. The van der Waals surface area contributed by atoms with Crippen LogP contribution in [0.15, 0.2) is 72.8 Å². The molecule has 5 nitrogen and oxygen atoms in total. The largest absolute Gasteiger partial charge is 0.484 e. The molecule has 3 aromatic rings. The minimum atomic E-state index is -0.674. The van der Waals surface area contributed by atoms with Gasteiger partial charge in [0, 0.05) is 24.5 Å². The Hall–Kier alpha value is -3.31. The van der Waals surface area contributed by atoms with Crippen molar-refractivity contribution in [2.75, 3.05) is 13.2 Å². The van der Waals surface area contributed by atoms with E-state index in [2.05, 4.69) is 12.2 Å². The molecule has 0 radical (unpaired) electrons. The Morgan fingerprint density at radius 2 is 1.69 bits per heavy atom. The summed E-state index contributed by atoms with van der Waals surface area (Å²) in [5.74, 6) is 0.155. The Morgan fingerprint density at radius 1 is 0.972 bits per heavy atom. The van der Waals surface area contributed by atoms with Crippen molar-refractivity contribution < 1.29 is 14.3 Å². The molecule has 0 saturated carbocycles. The number of carbonyl (C=O) groups is 2. The van der Waals surface area contributed by atoms with E-state index in [1.54, 1.807) is 23.1 Å². The number of halogens is 1. The fourth-order valence-electron chi connectivity index (χ4n) is 3.97. The van der Waals surface area contributed by atoms with Crippen molar-refractivity contribution in [3.63, 3.8) is 0 Å². The topological polar surface area (TPSA) is 58.6 Å². The van der Waals surface area contributed by atoms with Crippen LogP contribution in [0.3, 0.4) is 0 Å². The number of rotatable bonds is 12. The van der Waals surface area contributed by atoms with Gasteiger partial charge in [-0.25, -0.2) is 0 Å². The summed E-state index contributed by atoms with van der Waals surface area (Å²) in [4.78, 5) is 28.7. The maximum Gasteiger partial charge on any atom is 0.261 e. The molecule has 0 unspecified atom stereocenters. The van der Waals surface area contributed by atoms with Crippen LogP contribution in [0.5, 0.6) is 5.75 Å². The summed E-state index contributed by atoms with van der Waals surface area (Å²) < 4.78 is 5.85. The van der Waals surface area contributed by atoms with Crippen molar-refractivity contribution in [1.29, 1.82) is 0 Å². The molecule has 0 saturated heterocycles. The normalized spacial score (nSPS) is 11.6. The van der Waals surface area contributed by atoms with Gasteiger partial charge in [0.25, 0.3) is 5.91 Å². The highest BCUT2D eigenvalue weighted by atomic mass is 35.5. The Labute approximate surface area is 219 Å². The summed E-state index contributed by atoms with van der Waals surface area (Å²) in [7, 11) is 0. The minimum absolute atomic E-state index is 0.156. The number of nitrogens with one attached hydrogen (secondary N) is 1. The van der Waals surface area contributed by atoms with Gasteiger partial charge in [-0.2, -0.15) is 0 Å². The van der Waals surface area contributed by atoms with Crippen LogP contribution in [0.1, 0.15) is 42.0 Å². The lowest BCUT2D eigenvalue weighted by Crippen LogP contribution is -2.52. The Balaban J connectivity index is 1.89. The van der Waals surface area contributed by atoms with E-state index in [4.69, 9.17) is 16.3 Å². The number of ether oxygens (including phenoxy) is 1. The molecular formula is C30H35ClN2O3. The number of carbonyl (C=O) groups excluding carboxylic acids is 2. The number of hydrogen-bond acceptors (Lipinski definition) is 3. The summed E-state index contributed by atoms with van der Waals surface area (Å²) in [5, 5.41) is 3.68. The number of nitrogens with zero attached hydrogens (tertiary/aromatic N) is 1. The second-order valence-electron chi connectivity index (χ2n) is 9.00. The van der Waals surface area contributed by atoms with Crippen molar-refractivity contribution >= 4 is 23.4 Å². The maximum absolute atomic E-state index is 13.6. The first-order valence-electron chi connectivity index (χ1n) is 12.4. The molecular weight excluding hydrogens is 472 g/mol. The van der Waals surface area contributed by atoms with Crippen LogP contribution in [0.2, 0.25) is 5.02 Å². The third kappa shape index (κ3) is 7.85. The molecule has 0 aromatic heterocycles. The molecule has 190 valence electrons. The molecule has 1 atom stereocenters. The Morgan fingerprint density at radius 3 is 2.39 bits per heavy atom. The van der Waals surface area contributed by atoms with Crippen LogP contribution in [0, 0.1) is 13.8 Å². The fraction of sp³-hybridized carbons (Fsp3) is 0.333. The van der Waals surface area contributed by atoms with Crippen LogP contribution in [0.4, 0.5) is 0 Å². The zero-order chi connectivity index (χ0) is 25.9. The highest BCUT2D eigenvalue weighted by Gasteiger charge is 2.30. The van der Waals surface area contributed by atoms with E-state index in [0.29, 0.717) is 30.3 Å². The van der Waals surface area contributed by atoms with E-state index in [1.165, 1.54) is 0 Å². The van der Waals surface area contributed by atoms with E-state index in [-0.39, 0.29) is 18.4 Å². The maximum atomic E-state index is 13.6. The van der Waals surface area contributed by atoms with Crippen molar-refractivity contribution in [2.24, 2.45) is 0 Å². The third-order valence-corrected chi connectivity index (χ3v) is 6.62. The van der Waals surface area contributed by atoms with Gasteiger partial charge in [-0.3, -0.25) is 9.59 Å². The molecule has 2 amide bonds. The highest BCUT2D eigenvalue weighted by Crippen LogP contribution is 2.22. The van der Waals surface area contributed by atoms with Gasteiger partial charge in [-0.1, -0.05) is 79.5 Å². The summed E-state index contributed by atoms with van der Waals surface area (Å²) in [6.07, 6.45) is 2.27. The zero-order valence-corrected chi connectivity index (χ0v) is 22.1. The summed E-state index contributed by atoms with van der Waals surface area (Å²) in [5.41, 5.74) is 3.92. The van der Waals surface area contributed by atoms with Crippen LogP contribution in [-0.4, -0.2) is 35.9 Å². The molecule has 0 bridgehead atoms. The number of benzene rings is 3. The number of hydrogen-bond donors (Lipinski definition) is 1. The molecule has 1 N–H and O–H groups in total. The molecule has 3 aromatic carbocycles. The molecule has 0 aliphatic carbocycles. The monoisotopic (exact) mass is 506 g/mol. The van der Waals surface area contributed by atoms with Gasteiger partial charge >= 0.3 is 0 Å². The average Bonchev–Trinajstić information content (AvgIpc) is 2.88. The molecule has 0 aliphatic heterocycles. The number of aryl methyl sites for hydroxylation is 2. The lowest BCUT2D eigenvalue weighted by Gasteiger charge is -2.32. The van der Waals surface area contributed by atoms with Gasteiger partial charge in [0.1, 0.15) is 11.8 Å². The van der Waals surface area contributed by atoms with E-state index < -0.39 is 6.04 Å². The van der Waals surface area contributed by atoms with Gasteiger partial charge in [0.2, 0.25) is 5.91 Å². The van der Waals surface area contributed by atoms with Crippen LogP contribution >= 0.6 is 11.6 Å². The molecule has 0 aliphatic rings. The standard InChI is InChI=1S/C30H35ClN2O3/c1-4-5-17-32-30(35)28(19-24-12-7-6-8-13-24)33(20-25-14-10-9-11-22(25)2)29(34)21-36-26-15-16-27(31)23(3)18-26/h6-16,18,28H,4-5,17,19-21H2,1-3H3,(H,32,35)/t28-/m1/s1. The van der Waals surface area contributed by atoms with Crippen LogP contribution in [-0.2, 0) is 22.6 Å². The molecule has 3 rings (SSSR count). The summed E-state index contributed by atoms with van der Waals surface area (Å²) >= 11 is 6.13. The van der Waals surface area contributed by atoms with Crippen LogP contribution in [0.25, 0.3) is 0 Å². The average molecular weight is 507 g/mol. The molecule has 0 heterocycles. The van der Waals surface area contributed by atoms with Gasteiger partial charge in [-0.05, 0) is 60.7 Å². The quantitative estimate of drug-likeness (QED) is 0.311.